The lowest BCUT2D eigenvalue weighted by molar-refractivity contribution is -0.134. The number of thioether (sulfide) groups is 1. The molecule has 0 N–H and O–H groups in total. The van der Waals surface area contributed by atoms with Gasteiger partial charge in [0.1, 0.15) is 0 Å². The molecule has 0 spiro atoms. The number of hydrogen-bond acceptors (Lipinski definition) is 5. The number of aromatic nitrogens is 4. The monoisotopic (exact) mass is 385 g/mol. The van der Waals surface area contributed by atoms with Crippen molar-refractivity contribution in [1.29, 1.82) is 0 Å². The molecule has 1 aliphatic rings. The van der Waals surface area contributed by atoms with Crippen molar-refractivity contribution in [3.05, 3.63) is 34.6 Å². The number of amides is 1. The maximum absolute atomic E-state index is 12.8. The summed E-state index contributed by atoms with van der Waals surface area (Å²) in [5.74, 6) is 0.922. The molecule has 0 radical (unpaired) electrons. The lowest BCUT2D eigenvalue weighted by Crippen LogP contribution is -2.48. The highest BCUT2D eigenvalue weighted by atomic mass is 32.2. The molecule has 8 heteroatoms. The third-order valence-corrected chi connectivity index (χ3v) is 6.32. The van der Waals surface area contributed by atoms with Crippen molar-refractivity contribution < 1.29 is 4.79 Å². The first-order chi connectivity index (χ1) is 13.0. The minimum absolute atomic E-state index is 0.103. The number of nitrogens with zero attached hydrogens (tertiary/aromatic N) is 5. The van der Waals surface area contributed by atoms with Gasteiger partial charge in [0.2, 0.25) is 11.7 Å². The zero-order chi connectivity index (χ0) is 19.1. The molecule has 2 aromatic heterocycles. The van der Waals surface area contributed by atoms with Crippen LogP contribution in [0.5, 0.6) is 0 Å². The lowest BCUT2D eigenvalue weighted by atomic mass is 9.98. The van der Waals surface area contributed by atoms with E-state index in [0.717, 1.165) is 18.4 Å². The number of aryl methyl sites for hydroxylation is 1. The van der Waals surface area contributed by atoms with E-state index in [2.05, 4.69) is 24.0 Å². The Labute approximate surface area is 161 Å². The number of likely N-dealkylation sites (tertiary alicyclic amines) is 1. The van der Waals surface area contributed by atoms with Crippen molar-refractivity contribution >= 4 is 34.3 Å². The van der Waals surface area contributed by atoms with Gasteiger partial charge < -0.3 is 4.90 Å². The number of carbonyl (C=O) groups excluding carboxylic acids is 1. The third kappa shape index (κ3) is 3.01. The van der Waals surface area contributed by atoms with E-state index in [-0.39, 0.29) is 23.6 Å². The summed E-state index contributed by atoms with van der Waals surface area (Å²) in [6.45, 7) is 4.24. The maximum Gasteiger partial charge on any atom is 0.262 e. The predicted molar refractivity (Wildman–Crippen MR) is 106 cm³/mol. The van der Waals surface area contributed by atoms with Gasteiger partial charge in [0.15, 0.2) is 5.16 Å². The largest absolute Gasteiger partial charge is 0.337 e. The molecule has 142 valence electrons. The molecule has 1 amide bonds. The predicted octanol–water partition coefficient (Wildman–Crippen LogP) is 2.46. The Morgan fingerprint density at radius 3 is 2.63 bits per heavy atom. The molecule has 1 aliphatic heterocycles. The van der Waals surface area contributed by atoms with E-state index >= 15 is 0 Å². The highest BCUT2D eigenvalue weighted by Gasteiger charge is 2.29. The highest BCUT2D eigenvalue weighted by Crippen LogP contribution is 2.26. The number of para-hydroxylation sites is 1. The van der Waals surface area contributed by atoms with Gasteiger partial charge in [-0.1, -0.05) is 23.9 Å². The molecule has 0 bridgehead atoms. The van der Waals surface area contributed by atoms with Gasteiger partial charge in [-0.25, -0.2) is 0 Å². The summed E-state index contributed by atoms with van der Waals surface area (Å²) in [7, 11) is 1.69. The first-order valence-electron chi connectivity index (χ1n) is 9.26. The zero-order valence-electron chi connectivity index (χ0n) is 15.8. The summed E-state index contributed by atoms with van der Waals surface area (Å²) in [5, 5.41) is 9.66. The molecule has 2 atom stereocenters. The van der Waals surface area contributed by atoms with E-state index in [0.29, 0.717) is 22.1 Å². The summed E-state index contributed by atoms with van der Waals surface area (Å²) in [6.07, 6.45) is 3.29. The van der Waals surface area contributed by atoms with Gasteiger partial charge in [-0.3, -0.25) is 18.6 Å². The molecule has 3 aromatic rings. The van der Waals surface area contributed by atoms with Crippen LogP contribution in [0.4, 0.5) is 0 Å². The smallest absolute Gasteiger partial charge is 0.262 e. The molecule has 1 fully saturated rings. The Balaban J connectivity index is 1.67. The van der Waals surface area contributed by atoms with E-state index in [9.17, 15) is 9.59 Å². The molecule has 0 unspecified atom stereocenters. The van der Waals surface area contributed by atoms with Crippen molar-refractivity contribution in [2.45, 2.75) is 50.4 Å². The van der Waals surface area contributed by atoms with Crippen LogP contribution < -0.4 is 5.56 Å². The van der Waals surface area contributed by atoms with E-state index in [1.54, 1.807) is 13.1 Å². The van der Waals surface area contributed by atoms with Crippen LogP contribution in [0.2, 0.25) is 0 Å². The number of piperidine rings is 1. The van der Waals surface area contributed by atoms with Crippen LogP contribution in [0.3, 0.4) is 0 Å². The van der Waals surface area contributed by atoms with Crippen LogP contribution >= 0.6 is 11.8 Å². The second-order valence-electron chi connectivity index (χ2n) is 7.22. The summed E-state index contributed by atoms with van der Waals surface area (Å²) >= 11 is 1.37. The van der Waals surface area contributed by atoms with Gasteiger partial charge in [-0.15, -0.1) is 10.2 Å². The van der Waals surface area contributed by atoms with Crippen LogP contribution in [0.25, 0.3) is 16.7 Å². The molecule has 7 nitrogen and oxygen atoms in total. The molecule has 4 rings (SSSR count). The molecular formula is C19H23N5O2S. The summed E-state index contributed by atoms with van der Waals surface area (Å²) in [4.78, 5) is 27.3. The van der Waals surface area contributed by atoms with Crippen LogP contribution in [-0.2, 0) is 11.8 Å². The molecule has 0 aliphatic carbocycles. The van der Waals surface area contributed by atoms with E-state index in [1.165, 1.54) is 22.7 Å². The van der Waals surface area contributed by atoms with Gasteiger partial charge in [0.05, 0.1) is 16.7 Å². The van der Waals surface area contributed by atoms with Gasteiger partial charge >= 0.3 is 0 Å². The fourth-order valence-electron chi connectivity index (χ4n) is 4.02. The highest BCUT2D eigenvalue weighted by molar-refractivity contribution is 7.99. The third-order valence-electron chi connectivity index (χ3n) is 5.40. The fourth-order valence-corrected chi connectivity index (χ4v) is 4.83. The van der Waals surface area contributed by atoms with Crippen molar-refractivity contribution in [3.8, 4) is 0 Å². The van der Waals surface area contributed by atoms with Crippen molar-refractivity contribution in [2.24, 2.45) is 7.05 Å². The van der Waals surface area contributed by atoms with Crippen LogP contribution in [0, 0.1) is 0 Å². The van der Waals surface area contributed by atoms with Crippen LogP contribution in [0.1, 0.15) is 33.1 Å². The van der Waals surface area contributed by atoms with E-state index in [1.807, 2.05) is 27.5 Å². The van der Waals surface area contributed by atoms with Crippen LogP contribution in [0.15, 0.2) is 34.2 Å². The molecule has 27 heavy (non-hydrogen) atoms. The Morgan fingerprint density at radius 2 is 1.89 bits per heavy atom. The van der Waals surface area contributed by atoms with Crippen molar-refractivity contribution in [3.63, 3.8) is 0 Å². The second kappa shape index (κ2) is 6.99. The minimum atomic E-state index is -0.103. The van der Waals surface area contributed by atoms with Gasteiger partial charge in [-0.05, 0) is 45.2 Å². The lowest BCUT2D eigenvalue weighted by Gasteiger charge is -2.39. The first-order valence-corrected chi connectivity index (χ1v) is 10.2. The Bertz CT molecular complexity index is 1060. The Hall–Kier alpha value is -2.35. The van der Waals surface area contributed by atoms with Gasteiger partial charge in [0.25, 0.3) is 5.56 Å². The SMILES string of the molecule is C[C@@H]1CCC[C@H](C)N1C(=O)CSc1nnc2n(C)c(=O)c3ccccc3n12. The number of rotatable bonds is 3. The first kappa shape index (κ1) is 18.0. The molecular weight excluding hydrogens is 362 g/mol. The molecule has 1 aromatic carbocycles. The maximum atomic E-state index is 12.8. The number of fused-ring (bicyclic) bond motifs is 3. The Morgan fingerprint density at radius 1 is 1.19 bits per heavy atom. The van der Waals surface area contributed by atoms with Gasteiger partial charge in [0, 0.05) is 19.1 Å². The standard InChI is InChI=1S/C19H23N5O2S/c1-12-7-6-8-13(2)23(12)16(25)11-27-19-21-20-18-22(3)17(26)14-9-4-5-10-15(14)24(18)19/h4-5,9-10,12-13H,6-8,11H2,1-3H3/t12-,13+. The van der Waals surface area contributed by atoms with Crippen LogP contribution in [-0.4, -0.2) is 47.8 Å². The van der Waals surface area contributed by atoms with Crippen molar-refractivity contribution in [1.82, 2.24) is 24.1 Å². The number of carbonyl (C=O) groups is 1. The normalized spacial score (nSPS) is 20.5. The zero-order valence-corrected chi connectivity index (χ0v) is 16.6. The second-order valence-corrected chi connectivity index (χ2v) is 8.16. The summed E-state index contributed by atoms with van der Waals surface area (Å²) < 4.78 is 3.35. The average molecular weight is 385 g/mol. The van der Waals surface area contributed by atoms with E-state index in [4.69, 9.17) is 0 Å². The quantitative estimate of drug-likeness (QED) is 0.648. The fraction of sp³-hybridized carbons (Fsp3) is 0.474. The summed E-state index contributed by atoms with van der Waals surface area (Å²) in [5.41, 5.74) is 0.657. The molecule has 0 saturated carbocycles. The van der Waals surface area contributed by atoms with Crippen molar-refractivity contribution in [2.75, 3.05) is 5.75 Å². The minimum Gasteiger partial charge on any atom is -0.337 e. The average Bonchev–Trinajstić information content (AvgIpc) is 3.08. The number of hydrogen-bond donors (Lipinski definition) is 0. The Kier molecular flexibility index (Phi) is 4.67. The molecule has 1 saturated heterocycles. The molecule has 3 heterocycles. The summed E-state index contributed by atoms with van der Waals surface area (Å²) in [6, 6.07) is 7.96. The number of benzene rings is 1. The van der Waals surface area contributed by atoms with E-state index < -0.39 is 0 Å². The van der Waals surface area contributed by atoms with Gasteiger partial charge in [-0.2, -0.15) is 0 Å². The topological polar surface area (TPSA) is 72.5 Å².